The van der Waals surface area contributed by atoms with Crippen molar-refractivity contribution in [2.24, 2.45) is 5.92 Å². The van der Waals surface area contributed by atoms with Crippen molar-refractivity contribution in [2.75, 3.05) is 19.6 Å². The summed E-state index contributed by atoms with van der Waals surface area (Å²) < 4.78 is 46.0. The first-order valence-corrected chi connectivity index (χ1v) is 14.4. The largest absolute Gasteiger partial charge is 0.444 e. The molecule has 1 aromatic heterocycles. The summed E-state index contributed by atoms with van der Waals surface area (Å²) in [7, 11) is 0. The lowest BCUT2D eigenvalue weighted by Gasteiger charge is -2.33. The quantitative estimate of drug-likeness (QED) is 0.332. The second-order valence-electron chi connectivity index (χ2n) is 12.4. The number of fused-ring (bicyclic) bond motifs is 1. The number of benzene rings is 2. The maximum absolute atomic E-state index is 13.0. The van der Waals surface area contributed by atoms with Crippen LogP contribution in [0, 0.1) is 5.92 Å². The van der Waals surface area contributed by atoms with Gasteiger partial charge >= 0.3 is 12.3 Å². The van der Waals surface area contributed by atoms with Gasteiger partial charge in [-0.05, 0) is 87.8 Å². The van der Waals surface area contributed by atoms with Crippen LogP contribution in [0.3, 0.4) is 0 Å². The van der Waals surface area contributed by atoms with Crippen molar-refractivity contribution in [3.8, 4) is 0 Å². The third kappa shape index (κ3) is 7.63. The molecule has 2 aromatic carbocycles. The minimum absolute atomic E-state index is 0.123. The van der Waals surface area contributed by atoms with E-state index in [4.69, 9.17) is 4.74 Å². The molecule has 1 aliphatic heterocycles. The first kappa shape index (κ1) is 29.0. The molecule has 0 spiro atoms. The number of halogens is 3. The van der Waals surface area contributed by atoms with E-state index < -0.39 is 18.2 Å². The fraction of sp³-hybridized carbons (Fsp3) is 0.500. The molecule has 2 aliphatic rings. The SMILES string of the molecule is CC(C)(C)OC(=O)N1CCC(CNC(=O)c2ccc3c(c2)cc(Cc2ccc(CC(F)(F)F)cc2)n3C2CC2)CC1. The van der Waals surface area contributed by atoms with Crippen LogP contribution in [-0.4, -0.2) is 52.9 Å². The monoisotopic (exact) mass is 569 g/mol. The van der Waals surface area contributed by atoms with Crippen molar-refractivity contribution < 1.29 is 27.5 Å². The zero-order valence-electron chi connectivity index (χ0n) is 23.9. The van der Waals surface area contributed by atoms with Crippen LogP contribution in [0.25, 0.3) is 10.9 Å². The van der Waals surface area contributed by atoms with Crippen molar-refractivity contribution in [1.82, 2.24) is 14.8 Å². The van der Waals surface area contributed by atoms with E-state index in [0.717, 1.165) is 47.8 Å². The number of piperidine rings is 1. The Balaban J connectivity index is 1.21. The number of carbonyl (C=O) groups excluding carboxylic acids is 2. The van der Waals surface area contributed by atoms with E-state index in [0.29, 0.717) is 43.6 Å². The summed E-state index contributed by atoms with van der Waals surface area (Å²) in [6.45, 7) is 7.35. The molecular formula is C32H38F3N3O3. The zero-order valence-corrected chi connectivity index (χ0v) is 23.9. The van der Waals surface area contributed by atoms with Crippen molar-refractivity contribution in [1.29, 1.82) is 0 Å². The average molecular weight is 570 g/mol. The molecule has 0 radical (unpaired) electrons. The Morgan fingerprint density at radius 2 is 1.59 bits per heavy atom. The molecule has 0 bridgehead atoms. The van der Waals surface area contributed by atoms with E-state index in [9.17, 15) is 22.8 Å². The first-order chi connectivity index (χ1) is 19.3. The third-order valence-electron chi connectivity index (χ3n) is 7.72. The van der Waals surface area contributed by atoms with Crippen LogP contribution in [-0.2, 0) is 17.6 Å². The highest BCUT2D eigenvalue weighted by molar-refractivity contribution is 5.98. The maximum atomic E-state index is 13.0. The molecule has 220 valence electrons. The highest BCUT2D eigenvalue weighted by Crippen LogP contribution is 2.40. The average Bonchev–Trinajstić information content (AvgIpc) is 3.67. The highest BCUT2D eigenvalue weighted by atomic mass is 19.4. The van der Waals surface area contributed by atoms with Gasteiger partial charge in [0.05, 0.1) is 6.42 Å². The number of hydrogen-bond acceptors (Lipinski definition) is 3. The van der Waals surface area contributed by atoms with Crippen LogP contribution in [0.5, 0.6) is 0 Å². The second-order valence-corrected chi connectivity index (χ2v) is 12.4. The molecule has 2 heterocycles. The molecule has 41 heavy (non-hydrogen) atoms. The zero-order chi connectivity index (χ0) is 29.4. The van der Waals surface area contributed by atoms with Gasteiger partial charge in [-0.3, -0.25) is 4.79 Å². The molecule has 1 saturated carbocycles. The second kappa shape index (κ2) is 11.4. The van der Waals surface area contributed by atoms with E-state index in [-0.39, 0.29) is 17.6 Å². The standard InChI is InChI=1S/C32H38F3N3O3/c1-31(2,3)41-30(40)37-14-12-23(13-15-37)20-36-29(39)24-8-11-28-25(17-24)18-27(38(28)26-9-10-26)16-21-4-6-22(7-5-21)19-32(33,34)35/h4-8,11,17-18,23,26H,9-10,12-16,19-20H2,1-3H3,(H,36,39). The summed E-state index contributed by atoms with van der Waals surface area (Å²) in [6.07, 6.45) is -1.01. The van der Waals surface area contributed by atoms with E-state index in [1.165, 1.54) is 0 Å². The molecule has 2 amide bonds. The number of rotatable bonds is 7. The molecule has 6 nitrogen and oxygen atoms in total. The predicted molar refractivity (Wildman–Crippen MR) is 152 cm³/mol. The van der Waals surface area contributed by atoms with Crippen LogP contribution >= 0.6 is 0 Å². The fourth-order valence-corrected chi connectivity index (χ4v) is 5.54. The van der Waals surface area contributed by atoms with Gasteiger partial charge in [-0.2, -0.15) is 13.2 Å². The Morgan fingerprint density at radius 3 is 2.20 bits per heavy atom. The number of ether oxygens (including phenoxy) is 1. The number of alkyl halides is 3. The van der Waals surface area contributed by atoms with Crippen LogP contribution in [0.4, 0.5) is 18.0 Å². The predicted octanol–water partition coefficient (Wildman–Crippen LogP) is 7.05. The summed E-state index contributed by atoms with van der Waals surface area (Å²) in [5, 5.41) is 4.06. The Bertz CT molecular complexity index is 1390. The smallest absolute Gasteiger partial charge is 0.410 e. The van der Waals surface area contributed by atoms with Crippen LogP contribution in [0.1, 0.15) is 79.7 Å². The Morgan fingerprint density at radius 1 is 0.927 bits per heavy atom. The van der Waals surface area contributed by atoms with Crippen LogP contribution in [0.15, 0.2) is 48.5 Å². The molecule has 1 saturated heterocycles. The van der Waals surface area contributed by atoms with Crippen molar-refractivity contribution >= 4 is 22.9 Å². The topological polar surface area (TPSA) is 63.6 Å². The van der Waals surface area contributed by atoms with Gasteiger partial charge in [0.25, 0.3) is 5.91 Å². The summed E-state index contributed by atoms with van der Waals surface area (Å²) in [5.74, 6) is 0.175. The molecule has 5 rings (SSSR count). The molecule has 1 aliphatic carbocycles. The first-order valence-electron chi connectivity index (χ1n) is 14.4. The summed E-state index contributed by atoms with van der Waals surface area (Å²) in [6, 6.07) is 14.9. The van der Waals surface area contributed by atoms with E-state index in [2.05, 4.69) is 16.0 Å². The van der Waals surface area contributed by atoms with Crippen molar-refractivity contribution in [3.63, 3.8) is 0 Å². The lowest BCUT2D eigenvalue weighted by molar-refractivity contribution is -0.127. The fourth-order valence-electron chi connectivity index (χ4n) is 5.54. The number of hydrogen-bond donors (Lipinski definition) is 1. The normalized spacial score (nSPS) is 16.7. The van der Waals surface area contributed by atoms with Crippen LogP contribution in [0.2, 0.25) is 0 Å². The molecule has 9 heteroatoms. The summed E-state index contributed by atoms with van der Waals surface area (Å²) >= 11 is 0. The summed E-state index contributed by atoms with van der Waals surface area (Å²) in [5.41, 5.74) is 3.46. The Hall–Kier alpha value is -3.49. The number of nitrogens with zero attached hydrogens (tertiary/aromatic N) is 2. The molecular weight excluding hydrogens is 531 g/mol. The maximum Gasteiger partial charge on any atom is 0.410 e. The molecule has 1 N–H and O–H groups in total. The number of amides is 2. The molecule has 0 atom stereocenters. The van der Waals surface area contributed by atoms with Gasteiger partial charge in [-0.25, -0.2) is 4.79 Å². The van der Waals surface area contributed by atoms with Gasteiger partial charge in [-0.1, -0.05) is 24.3 Å². The van der Waals surface area contributed by atoms with Gasteiger partial charge in [0, 0.05) is 54.3 Å². The van der Waals surface area contributed by atoms with Crippen molar-refractivity contribution in [3.05, 3.63) is 70.9 Å². The lowest BCUT2D eigenvalue weighted by atomic mass is 9.97. The van der Waals surface area contributed by atoms with E-state index in [1.807, 2.05) is 39.0 Å². The number of nitrogens with one attached hydrogen (secondary N) is 1. The van der Waals surface area contributed by atoms with Gasteiger partial charge in [0.2, 0.25) is 0 Å². The number of likely N-dealkylation sites (tertiary alicyclic amines) is 1. The minimum Gasteiger partial charge on any atom is -0.444 e. The van der Waals surface area contributed by atoms with E-state index >= 15 is 0 Å². The minimum atomic E-state index is -4.22. The van der Waals surface area contributed by atoms with Gasteiger partial charge in [0.15, 0.2) is 0 Å². The molecule has 0 unspecified atom stereocenters. The summed E-state index contributed by atoms with van der Waals surface area (Å²) in [4.78, 5) is 27.1. The van der Waals surface area contributed by atoms with Crippen LogP contribution < -0.4 is 5.32 Å². The highest BCUT2D eigenvalue weighted by Gasteiger charge is 2.30. The third-order valence-corrected chi connectivity index (χ3v) is 7.72. The van der Waals surface area contributed by atoms with Gasteiger partial charge in [-0.15, -0.1) is 0 Å². The molecule has 3 aromatic rings. The lowest BCUT2D eigenvalue weighted by Crippen LogP contribution is -2.43. The number of carbonyl (C=O) groups is 2. The van der Waals surface area contributed by atoms with Gasteiger partial charge < -0.3 is 19.5 Å². The number of aromatic nitrogens is 1. The van der Waals surface area contributed by atoms with Crippen molar-refractivity contribution in [2.45, 2.75) is 77.1 Å². The Labute approximate surface area is 238 Å². The van der Waals surface area contributed by atoms with E-state index in [1.54, 1.807) is 29.2 Å². The Kier molecular flexibility index (Phi) is 8.08. The van der Waals surface area contributed by atoms with Gasteiger partial charge in [0.1, 0.15) is 5.60 Å². The molecule has 2 fully saturated rings.